The second kappa shape index (κ2) is 8.69. The van der Waals surface area contributed by atoms with Crippen LogP contribution in [0.4, 0.5) is 5.69 Å². The van der Waals surface area contributed by atoms with E-state index < -0.39 is 0 Å². The Morgan fingerprint density at radius 1 is 0.933 bits per heavy atom. The minimum absolute atomic E-state index is 0.150. The molecule has 1 heterocycles. The minimum atomic E-state index is -0.150. The fourth-order valence-electron chi connectivity index (χ4n) is 3.44. The summed E-state index contributed by atoms with van der Waals surface area (Å²) in [5, 5.41) is 2.94. The van der Waals surface area contributed by atoms with E-state index in [1.165, 1.54) is 0 Å². The first-order valence-corrected chi connectivity index (χ1v) is 9.67. The highest BCUT2D eigenvalue weighted by atomic mass is 16.5. The van der Waals surface area contributed by atoms with Crippen LogP contribution in [0, 0.1) is 0 Å². The number of ether oxygens (including phenoxy) is 2. The number of fused-ring (bicyclic) bond motifs is 1. The van der Waals surface area contributed by atoms with E-state index in [1.807, 2.05) is 47.0 Å². The van der Waals surface area contributed by atoms with Gasteiger partial charge < -0.3 is 19.4 Å². The lowest BCUT2D eigenvalue weighted by Gasteiger charge is -2.12. The monoisotopic (exact) mass is 401 g/mol. The van der Waals surface area contributed by atoms with E-state index in [0.717, 1.165) is 22.4 Å². The first kappa shape index (κ1) is 19.5. The van der Waals surface area contributed by atoms with Gasteiger partial charge in [0.1, 0.15) is 23.9 Å². The molecule has 1 amide bonds. The SMILES string of the molecule is COc1cc(NC(=O)Cn2c(Cc3ccccc3)nc3ccccc32)cc(OC)c1. The van der Waals surface area contributed by atoms with Crippen LogP contribution in [-0.4, -0.2) is 29.7 Å². The number of hydrogen-bond acceptors (Lipinski definition) is 4. The Balaban J connectivity index is 1.61. The topological polar surface area (TPSA) is 65.4 Å². The van der Waals surface area contributed by atoms with Gasteiger partial charge in [0.05, 0.1) is 25.3 Å². The van der Waals surface area contributed by atoms with Crippen LogP contribution in [0.3, 0.4) is 0 Å². The zero-order valence-electron chi connectivity index (χ0n) is 17.0. The Bertz CT molecular complexity index is 1150. The Hall–Kier alpha value is -3.80. The van der Waals surface area contributed by atoms with Crippen molar-refractivity contribution in [1.82, 2.24) is 9.55 Å². The molecule has 3 aromatic carbocycles. The van der Waals surface area contributed by atoms with Crippen molar-refractivity contribution in [3.63, 3.8) is 0 Å². The molecule has 30 heavy (non-hydrogen) atoms. The maximum Gasteiger partial charge on any atom is 0.244 e. The molecule has 0 aliphatic rings. The lowest BCUT2D eigenvalue weighted by atomic mass is 10.1. The lowest BCUT2D eigenvalue weighted by Crippen LogP contribution is -2.20. The number of anilines is 1. The molecule has 1 aromatic heterocycles. The van der Waals surface area contributed by atoms with Crippen molar-refractivity contribution in [1.29, 1.82) is 0 Å². The second-order valence-corrected chi connectivity index (χ2v) is 6.91. The number of hydrogen-bond donors (Lipinski definition) is 1. The highest BCUT2D eigenvalue weighted by molar-refractivity contribution is 5.92. The van der Waals surface area contributed by atoms with Gasteiger partial charge in [-0.3, -0.25) is 4.79 Å². The third-order valence-corrected chi connectivity index (χ3v) is 4.88. The molecule has 0 bridgehead atoms. The van der Waals surface area contributed by atoms with E-state index in [4.69, 9.17) is 14.5 Å². The maximum atomic E-state index is 12.9. The number of imidazole rings is 1. The summed E-state index contributed by atoms with van der Waals surface area (Å²) in [6.07, 6.45) is 0.649. The average molecular weight is 401 g/mol. The third kappa shape index (κ3) is 4.27. The van der Waals surface area contributed by atoms with E-state index >= 15 is 0 Å². The second-order valence-electron chi connectivity index (χ2n) is 6.91. The third-order valence-electron chi connectivity index (χ3n) is 4.88. The minimum Gasteiger partial charge on any atom is -0.497 e. The Morgan fingerprint density at radius 2 is 1.60 bits per heavy atom. The molecule has 0 radical (unpaired) electrons. The lowest BCUT2D eigenvalue weighted by molar-refractivity contribution is -0.116. The fraction of sp³-hybridized carbons (Fsp3) is 0.167. The average Bonchev–Trinajstić information content (AvgIpc) is 3.11. The van der Waals surface area contributed by atoms with Gasteiger partial charge >= 0.3 is 0 Å². The number of carbonyl (C=O) groups is 1. The van der Waals surface area contributed by atoms with Crippen LogP contribution in [0.5, 0.6) is 11.5 Å². The summed E-state index contributed by atoms with van der Waals surface area (Å²) < 4.78 is 12.5. The Labute approximate surface area is 175 Å². The number of benzene rings is 3. The zero-order valence-corrected chi connectivity index (χ0v) is 17.0. The van der Waals surface area contributed by atoms with Gasteiger partial charge in [0.2, 0.25) is 5.91 Å². The number of carbonyl (C=O) groups excluding carboxylic acids is 1. The van der Waals surface area contributed by atoms with E-state index in [-0.39, 0.29) is 12.5 Å². The molecule has 4 aromatic rings. The van der Waals surface area contributed by atoms with Crippen molar-refractivity contribution in [2.45, 2.75) is 13.0 Å². The van der Waals surface area contributed by atoms with Crippen molar-refractivity contribution >= 4 is 22.6 Å². The van der Waals surface area contributed by atoms with Gasteiger partial charge in [-0.25, -0.2) is 4.98 Å². The van der Waals surface area contributed by atoms with E-state index in [2.05, 4.69) is 17.4 Å². The quantitative estimate of drug-likeness (QED) is 0.502. The molecular formula is C24H23N3O3. The fourth-order valence-corrected chi connectivity index (χ4v) is 3.44. The largest absolute Gasteiger partial charge is 0.497 e. The molecule has 6 nitrogen and oxygen atoms in total. The molecule has 4 rings (SSSR count). The summed E-state index contributed by atoms with van der Waals surface area (Å²) in [6, 6.07) is 23.3. The molecule has 0 saturated heterocycles. The van der Waals surface area contributed by atoms with Gasteiger partial charge in [-0.2, -0.15) is 0 Å². The number of rotatable bonds is 7. The van der Waals surface area contributed by atoms with E-state index in [9.17, 15) is 4.79 Å². The van der Waals surface area contributed by atoms with Crippen molar-refractivity contribution < 1.29 is 14.3 Å². The number of aromatic nitrogens is 2. The molecular weight excluding hydrogens is 378 g/mol. The molecule has 0 atom stereocenters. The van der Waals surface area contributed by atoms with Crippen molar-refractivity contribution in [2.24, 2.45) is 0 Å². The molecule has 0 unspecified atom stereocenters. The maximum absolute atomic E-state index is 12.9. The molecule has 0 aliphatic heterocycles. The van der Waals surface area contributed by atoms with Gasteiger partial charge in [-0.15, -0.1) is 0 Å². The summed E-state index contributed by atoms with van der Waals surface area (Å²) in [5.41, 5.74) is 3.57. The summed E-state index contributed by atoms with van der Waals surface area (Å²) >= 11 is 0. The normalized spacial score (nSPS) is 10.7. The van der Waals surface area contributed by atoms with Crippen molar-refractivity contribution in [3.8, 4) is 11.5 Å². The number of para-hydroxylation sites is 2. The number of amides is 1. The summed E-state index contributed by atoms with van der Waals surface area (Å²) in [6.45, 7) is 0.155. The van der Waals surface area contributed by atoms with Crippen LogP contribution >= 0.6 is 0 Å². The van der Waals surface area contributed by atoms with Crippen LogP contribution in [0.15, 0.2) is 72.8 Å². The van der Waals surface area contributed by atoms with Gasteiger partial charge in [-0.05, 0) is 17.7 Å². The summed E-state index contributed by atoms with van der Waals surface area (Å²) in [5.74, 6) is 1.92. The van der Waals surface area contributed by atoms with Crippen LogP contribution in [0.1, 0.15) is 11.4 Å². The van der Waals surface area contributed by atoms with Crippen LogP contribution in [0.25, 0.3) is 11.0 Å². The number of nitrogens with zero attached hydrogens (tertiary/aromatic N) is 2. The Morgan fingerprint density at radius 3 is 2.30 bits per heavy atom. The molecule has 0 fully saturated rings. The molecule has 0 spiro atoms. The van der Waals surface area contributed by atoms with Gasteiger partial charge in [0, 0.05) is 30.3 Å². The predicted octanol–water partition coefficient (Wildman–Crippen LogP) is 4.28. The molecule has 0 saturated carbocycles. The van der Waals surface area contributed by atoms with E-state index in [0.29, 0.717) is 23.6 Å². The first-order valence-electron chi connectivity index (χ1n) is 9.67. The Kier molecular flexibility index (Phi) is 5.66. The first-order chi connectivity index (χ1) is 14.7. The van der Waals surface area contributed by atoms with Gasteiger partial charge in [0.15, 0.2) is 0 Å². The van der Waals surface area contributed by atoms with E-state index in [1.54, 1.807) is 32.4 Å². The summed E-state index contributed by atoms with van der Waals surface area (Å²) in [7, 11) is 3.15. The molecule has 6 heteroatoms. The van der Waals surface area contributed by atoms with Crippen LogP contribution < -0.4 is 14.8 Å². The zero-order chi connectivity index (χ0) is 20.9. The standard InChI is InChI=1S/C24H23N3O3/c1-29-19-13-18(14-20(15-19)30-2)25-24(28)16-27-22-11-7-6-10-21(22)26-23(27)12-17-8-4-3-5-9-17/h3-11,13-15H,12,16H2,1-2H3,(H,25,28). The predicted molar refractivity (Wildman–Crippen MR) is 117 cm³/mol. The number of nitrogens with one attached hydrogen (secondary N) is 1. The van der Waals surface area contributed by atoms with Crippen LogP contribution in [0.2, 0.25) is 0 Å². The number of methoxy groups -OCH3 is 2. The smallest absolute Gasteiger partial charge is 0.244 e. The molecule has 152 valence electrons. The molecule has 1 N–H and O–H groups in total. The summed E-state index contributed by atoms with van der Waals surface area (Å²) in [4.78, 5) is 17.7. The molecule has 0 aliphatic carbocycles. The highest BCUT2D eigenvalue weighted by Gasteiger charge is 2.15. The van der Waals surface area contributed by atoms with Gasteiger partial charge in [0.25, 0.3) is 0 Å². The highest BCUT2D eigenvalue weighted by Crippen LogP contribution is 2.26. The van der Waals surface area contributed by atoms with Crippen molar-refractivity contribution in [2.75, 3.05) is 19.5 Å². The van der Waals surface area contributed by atoms with Gasteiger partial charge in [-0.1, -0.05) is 42.5 Å². The van der Waals surface area contributed by atoms with Crippen LogP contribution in [-0.2, 0) is 17.8 Å². The van der Waals surface area contributed by atoms with Crippen molar-refractivity contribution in [3.05, 3.63) is 84.2 Å².